The summed E-state index contributed by atoms with van der Waals surface area (Å²) in [4.78, 5) is 26.8. The number of hydrogen-bond donors (Lipinski definition) is 2. The molecule has 0 bridgehead atoms. The number of carbonyl (C=O) groups is 1. The molecule has 10 heteroatoms. The Morgan fingerprint density at radius 2 is 2.03 bits per heavy atom. The van der Waals surface area contributed by atoms with Gasteiger partial charge in [0.2, 0.25) is 11.8 Å². The second-order valence-corrected chi connectivity index (χ2v) is 8.06. The molecule has 9 nitrogen and oxygen atoms in total. The maximum atomic E-state index is 11.5. The summed E-state index contributed by atoms with van der Waals surface area (Å²) in [6.45, 7) is 4.06. The van der Waals surface area contributed by atoms with Gasteiger partial charge >= 0.3 is 0 Å². The van der Waals surface area contributed by atoms with E-state index in [-0.39, 0.29) is 5.91 Å². The van der Waals surface area contributed by atoms with Crippen molar-refractivity contribution in [2.24, 2.45) is 0 Å². The number of rotatable bonds is 6. The zero-order chi connectivity index (χ0) is 22.8. The summed E-state index contributed by atoms with van der Waals surface area (Å²) < 4.78 is 6.16. The van der Waals surface area contributed by atoms with Gasteiger partial charge in [-0.05, 0) is 50.3 Å². The van der Waals surface area contributed by atoms with Crippen LogP contribution in [0.3, 0.4) is 0 Å². The Balaban J connectivity index is 1.88. The Kier molecular flexibility index (Phi) is 6.02. The lowest BCUT2D eigenvalue weighted by atomic mass is 10.1. The molecule has 0 saturated heterocycles. The number of aryl methyl sites for hydroxylation is 1. The number of carbonyl (C=O) groups excluding carboxylic acids is 1. The smallest absolute Gasteiger partial charge is 0.228 e. The Morgan fingerprint density at radius 3 is 2.72 bits per heavy atom. The third-order valence-electron chi connectivity index (χ3n) is 4.68. The number of pyridine rings is 1. The van der Waals surface area contributed by atoms with Crippen molar-refractivity contribution < 1.29 is 9.21 Å². The third-order valence-corrected chi connectivity index (χ3v) is 5.01. The highest BCUT2D eigenvalue weighted by Crippen LogP contribution is 2.39. The Morgan fingerprint density at radius 1 is 1.22 bits per heavy atom. The molecule has 164 valence electrons. The van der Waals surface area contributed by atoms with Crippen molar-refractivity contribution in [1.82, 2.24) is 30.0 Å². The van der Waals surface area contributed by atoms with Crippen LogP contribution in [0.1, 0.15) is 18.1 Å². The van der Waals surface area contributed by atoms with E-state index < -0.39 is 0 Å². The van der Waals surface area contributed by atoms with Crippen molar-refractivity contribution in [2.45, 2.75) is 20.4 Å². The fourth-order valence-corrected chi connectivity index (χ4v) is 3.52. The normalized spacial score (nSPS) is 11.2. The van der Waals surface area contributed by atoms with E-state index in [2.05, 4.69) is 30.4 Å². The molecular formula is C22H22ClN7O2. The van der Waals surface area contributed by atoms with Crippen molar-refractivity contribution >= 4 is 23.3 Å². The van der Waals surface area contributed by atoms with Crippen LogP contribution in [0.2, 0.25) is 5.02 Å². The molecule has 0 saturated carbocycles. The lowest BCUT2D eigenvalue weighted by Crippen LogP contribution is -2.10. The molecule has 0 fully saturated rings. The predicted molar refractivity (Wildman–Crippen MR) is 122 cm³/mol. The number of oxazole rings is 1. The van der Waals surface area contributed by atoms with E-state index in [0.717, 1.165) is 23.2 Å². The van der Waals surface area contributed by atoms with E-state index in [9.17, 15) is 4.79 Å². The first-order chi connectivity index (χ1) is 15.3. The highest BCUT2D eigenvalue weighted by Gasteiger charge is 2.23. The Labute approximate surface area is 189 Å². The molecule has 1 aromatic carbocycles. The standard InChI is InChI=1S/C22H22ClN7O2/c1-12-9-24-18(27-13(2)31)8-15(12)22-28-19(20(32-22)21-25-11-26-29-21)16-7-14(10-30(3)4)5-6-17(16)23/h5-9,11H,10H2,1-4H3,(H,24,27,31)(H,25,26,29). The topological polar surface area (TPSA) is 113 Å². The second kappa shape index (κ2) is 8.89. The number of aromatic amines is 1. The molecule has 0 unspecified atom stereocenters. The van der Waals surface area contributed by atoms with Crippen LogP contribution in [-0.4, -0.2) is 50.1 Å². The van der Waals surface area contributed by atoms with E-state index in [1.807, 2.05) is 39.2 Å². The number of nitrogens with one attached hydrogen (secondary N) is 2. The van der Waals surface area contributed by atoms with Crippen LogP contribution in [0.4, 0.5) is 5.82 Å². The first-order valence-corrected chi connectivity index (χ1v) is 10.2. The van der Waals surface area contributed by atoms with Crippen LogP contribution in [0, 0.1) is 6.92 Å². The average Bonchev–Trinajstić information content (AvgIpc) is 3.40. The Bertz CT molecular complexity index is 1270. The number of benzene rings is 1. The second-order valence-electron chi connectivity index (χ2n) is 7.65. The van der Waals surface area contributed by atoms with Gasteiger partial charge in [-0.3, -0.25) is 9.89 Å². The van der Waals surface area contributed by atoms with Crippen LogP contribution in [0.15, 0.2) is 41.2 Å². The molecule has 3 heterocycles. The summed E-state index contributed by atoms with van der Waals surface area (Å²) in [5, 5.41) is 9.99. The van der Waals surface area contributed by atoms with Gasteiger partial charge in [0.05, 0.1) is 5.02 Å². The van der Waals surface area contributed by atoms with Crippen molar-refractivity contribution in [2.75, 3.05) is 19.4 Å². The van der Waals surface area contributed by atoms with Gasteiger partial charge in [0.15, 0.2) is 11.6 Å². The molecule has 32 heavy (non-hydrogen) atoms. The van der Waals surface area contributed by atoms with Gasteiger partial charge in [0.25, 0.3) is 0 Å². The largest absolute Gasteiger partial charge is 0.432 e. The summed E-state index contributed by atoms with van der Waals surface area (Å²) in [6, 6.07) is 7.54. The zero-order valence-electron chi connectivity index (χ0n) is 18.1. The monoisotopic (exact) mass is 451 g/mol. The van der Waals surface area contributed by atoms with Gasteiger partial charge < -0.3 is 14.6 Å². The van der Waals surface area contributed by atoms with Crippen molar-refractivity contribution in [3.8, 4) is 34.3 Å². The molecule has 0 aliphatic carbocycles. The van der Waals surface area contributed by atoms with Crippen LogP contribution >= 0.6 is 11.6 Å². The molecule has 0 spiro atoms. The van der Waals surface area contributed by atoms with Gasteiger partial charge in [-0.1, -0.05) is 17.7 Å². The fourth-order valence-electron chi connectivity index (χ4n) is 3.31. The molecule has 1 amide bonds. The van der Waals surface area contributed by atoms with Crippen molar-refractivity contribution in [3.05, 3.63) is 52.9 Å². The highest BCUT2D eigenvalue weighted by molar-refractivity contribution is 6.33. The molecule has 0 atom stereocenters. The molecule has 2 N–H and O–H groups in total. The fraction of sp³-hybridized carbons (Fsp3) is 0.227. The van der Waals surface area contributed by atoms with Gasteiger partial charge in [-0.15, -0.1) is 0 Å². The lowest BCUT2D eigenvalue weighted by molar-refractivity contribution is -0.114. The average molecular weight is 452 g/mol. The summed E-state index contributed by atoms with van der Waals surface area (Å²) >= 11 is 6.57. The minimum absolute atomic E-state index is 0.216. The van der Waals surface area contributed by atoms with Crippen LogP contribution in [-0.2, 0) is 11.3 Å². The summed E-state index contributed by atoms with van der Waals surface area (Å²) in [5.74, 6) is 1.39. The molecule has 0 aliphatic rings. The van der Waals surface area contributed by atoms with E-state index in [1.165, 1.54) is 13.3 Å². The maximum Gasteiger partial charge on any atom is 0.228 e. The third kappa shape index (κ3) is 4.53. The number of hydrogen-bond acceptors (Lipinski definition) is 7. The molecule has 3 aromatic heterocycles. The maximum absolute atomic E-state index is 11.5. The first-order valence-electron chi connectivity index (χ1n) is 9.86. The van der Waals surface area contributed by atoms with Crippen LogP contribution < -0.4 is 5.32 Å². The van der Waals surface area contributed by atoms with Gasteiger partial charge in [-0.2, -0.15) is 5.10 Å². The Hall–Kier alpha value is -3.56. The van der Waals surface area contributed by atoms with Crippen LogP contribution in [0.25, 0.3) is 34.3 Å². The van der Waals surface area contributed by atoms with Crippen molar-refractivity contribution in [1.29, 1.82) is 0 Å². The van der Waals surface area contributed by atoms with E-state index in [1.54, 1.807) is 12.3 Å². The van der Waals surface area contributed by atoms with E-state index >= 15 is 0 Å². The van der Waals surface area contributed by atoms with Crippen LogP contribution in [0.5, 0.6) is 0 Å². The lowest BCUT2D eigenvalue weighted by Gasteiger charge is -2.11. The summed E-state index contributed by atoms with van der Waals surface area (Å²) in [7, 11) is 4.00. The number of halogens is 1. The highest BCUT2D eigenvalue weighted by atomic mass is 35.5. The molecule has 4 rings (SSSR count). The minimum atomic E-state index is -0.216. The van der Waals surface area contributed by atoms with Gasteiger partial charge in [-0.25, -0.2) is 15.0 Å². The molecule has 0 aliphatic heterocycles. The molecule has 0 radical (unpaired) electrons. The minimum Gasteiger partial charge on any atom is -0.432 e. The summed E-state index contributed by atoms with van der Waals surface area (Å²) in [6.07, 6.45) is 3.06. The first kappa shape index (κ1) is 21.7. The van der Waals surface area contributed by atoms with E-state index in [4.69, 9.17) is 21.0 Å². The van der Waals surface area contributed by atoms with Crippen molar-refractivity contribution in [3.63, 3.8) is 0 Å². The molecule has 4 aromatic rings. The number of aromatic nitrogens is 5. The number of anilines is 1. The number of nitrogens with zero attached hydrogens (tertiary/aromatic N) is 5. The zero-order valence-corrected chi connectivity index (χ0v) is 18.9. The quantitative estimate of drug-likeness (QED) is 0.452. The van der Waals surface area contributed by atoms with Gasteiger partial charge in [0.1, 0.15) is 17.8 Å². The summed E-state index contributed by atoms with van der Waals surface area (Å²) in [5.41, 5.74) is 3.87. The molecular weight excluding hydrogens is 430 g/mol. The number of amides is 1. The number of H-pyrrole nitrogens is 1. The van der Waals surface area contributed by atoms with Gasteiger partial charge in [0, 0.05) is 30.8 Å². The SMILES string of the molecule is CC(=O)Nc1cc(-c2nc(-c3cc(CN(C)C)ccc3Cl)c(-c3ncn[nH]3)o2)c(C)cn1. The van der Waals surface area contributed by atoms with E-state index in [0.29, 0.717) is 39.6 Å². The predicted octanol–water partition coefficient (Wildman–Crippen LogP) is 4.17.